The van der Waals surface area contributed by atoms with E-state index in [1.54, 1.807) is 9.58 Å². The average molecular weight is 254 g/mol. The monoisotopic (exact) mass is 254 g/mol. The lowest BCUT2D eigenvalue weighted by Gasteiger charge is -2.20. The first-order valence-corrected chi connectivity index (χ1v) is 5.87. The maximum atomic E-state index is 12.3. The van der Waals surface area contributed by atoms with Crippen LogP contribution in [-0.4, -0.2) is 38.7 Å². The first-order chi connectivity index (χ1) is 7.88. The van der Waals surface area contributed by atoms with Gasteiger partial charge in [-0.25, -0.2) is 0 Å². The predicted molar refractivity (Wildman–Crippen MR) is 71.0 cm³/mol. The molecule has 6 heteroatoms. The molecule has 5 nitrogen and oxygen atoms in total. The molecule has 0 bridgehead atoms. The smallest absolute Gasteiger partial charge is 0.257 e. The maximum Gasteiger partial charge on any atom is 0.257 e. The van der Waals surface area contributed by atoms with Gasteiger partial charge in [-0.05, 0) is 20.8 Å². The van der Waals surface area contributed by atoms with Crippen LogP contribution in [-0.2, 0) is 7.05 Å². The van der Waals surface area contributed by atoms with Gasteiger partial charge in [0.1, 0.15) is 0 Å². The molecule has 1 heterocycles. The minimum absolute atomic E-state index is 0.0663. The van der Waals surface area contributed by atoms with E-state index in [0.717, 1.165) is 11.4 Å². The molecule has 1 aromatic rings. The van der Waals surface area contributed by atoms with E-state index in [9.17, 15) is 4.79 Å². The quantitative estimate of drug-likeness (QED) is 0.807. The molecule has 1 aromatic heterocycles. The lowest BCUT2D eigenvalue weighted by atomic mass is 10.1. The van der Waals surface area contributed by atoms with E-state index < -0.39 is 0 Å². The Hall–Kier alpha value is -1.43. The number of amides is 1. The van der Waals surface area contributed by atoms with Gasteiger partial charge >= 0.3 is 0 Å². The zero-order chi connectivity index (χ0) is 13.2. The van der Waals surface area contributed by atoms with Gasteiger partial charge in [0.15, 0.2) is 0 Å². The second kappa shape index (κ2) is 5.27. The highest BCUT2D eigenvalue weighted by molar-refractivity contribution is 7.80. The molecule has 0 fully saturated rings. The summed E-state index contributed by atoms with van der Waals surface area (Å²) in [7, 11) is 1.82. The molecule has 2 N–H and O–H groups in total. The first-order valence-electron chi connectivity index (χ1n) is 5.46. The second-order valence-corrected chi connectivity index (χ2v) is 4.48. The molecule has 17 heavy (non-hydrogen) atoms. The summed E-state index contributed by atoms with van der Waals surface area (Å²) in [6, 6.07) is 0. The molecule has 0 saturated carbocycles. The standard InChI is InChI=1S/C11H18N4OS/c1-5-15(6-9(12)17)11(16)10-7(2)13-14(4)8(10)3/h5-6H2,1-4H3,(H2,12,17). The molecule has 0 saturated heterocycles. The molecule has 0 atom stereocenters. The van der Waals surface area contributed by atoms with Crippen LogP contribution in [0.3, 0.4) is 0 Å². The van der Waals surface area contributed by atoms with Crippen LogP contribution in [0, 0.1) is 13.8 Å². The topological polar surface area (TPSA) is 64.2 Å². The van der Waals surface area contributed by atoms with E-state index in [1.807, 2.05) is 27.8 Å². The predicted octanol–water partition coefficient (Wildman–Crippen LogP) is 0.785. The second-order valence-electron chi connectivity index (χ2n) is 3.96. The van der Waals surface area contributed by atoms with Crippen molar-refractivity contribution in [1.29, 1.82) is 0 Å². The zero-order valence-corrected chi connectivity index (χ0v) is 11.5. The summed E-state index contributed by atoms with van der Waals surface area (Å²) in [6.45, 7) is 6.48. The number of rotatable bonds is 4. The van der Waals surface area contributed by atoms with Crippen molar-refractivity contribution in [2.75, 3.05) is 13.1 Å². The van der Waals surface area contributed by atoms with Crippen LogP contribution in [0.1, 0.15) is 28.7 Å². The number of thiocarbonyl (C=S) groups is 1. The van der Waals surface area contributed by atoms with Gasteiger partial charge in [-0.1, -0.05) is 12.2 Å². The van der Waals surface area contributed by atoms with Gasteiger partial charge in [0.2, 0.25) is 0 Å². The van der Waals surface area contributed by atoms with Gasteiger partial charge in [-0.3, -0.25) is 9.48 Å². The maximum absolute atomic E-state index is 12.3. The van der Waals surface area contributed by atoms with Crippen LogP contribution < -0.4 is 5.73 Å². The number of carbonyl (C=O) groups excluding carboxylic acids is 1. The van der Waals surface area contributed by atoms with Gasteiger partial charge < -0.3 is 10.6 Å². The number of nitrogens with two attached hydrogens (primary N) is 1. The highest BCUT2D eigenvalue weighted by atomic mass is 32.1. The fourth-order valence-corrected chi connectivity index (χ4v) is 1.91. The van der Waals surface area contributed by atoms with Crippen LogP contribution >= 0.6 is 12.2 Å². The number of nitrogens with zero attached hydrogens (tertiary/aromatic N) is 3. The van der Waals surface area contributed by atoms with Crippen LogP contribution in [0.4, 0.5) is 0 Å². The summed E-state index contributed by atoms with van der Waals surface area (Å²) in [5.74, 6) is -0.0663. The zero-order valence-electron chi connectivity index (χ0n) is 10.6. The van der Waals surface area contributed by atoms with Crippen LogP contribution in [0.5, 0.6) is 0 Å². The normalized spacial score (nSPS) is 10.4. The molecule has 1 amide bonds. The molecule has 1 rings (SSSR count). The third-order valence-electron chi connectivity index (χ3n) is 2.74. The lowest BCUT2D eigenvalue weighted by Crippen LogP contribution is -2.38. The number of carbonyl (C=O) groups is 1. The molecule has 0 unspecified atom stereocenters. The molecule has 0 aromatic carbocycles. The molecule has 0 radical (unpaired) electrons. The summed E-state index contributed by atoms with van der Waals surface area (Å²) in [5.41, 5.74) is 7.72. The molecule has 0 spiro atoms. The van der Waals surface area contributed by atoms with Crippen LogP contribution in [0.25, 0.3) is 0 Å². The van der Waals surface area contributed by atoms with Crippen LogP contribution in [0.15, 0.2) is 0 Å². The number of hydrogen-bond acceptors (Lipinski definition) is 3. The Morgan fingerprint density at radius 3 is 2.47 bits per heavy atom. The van der Waals surface area contributed by atoms with Gasteiger partial charge in [-0.15, -0.1) is 0 Å². The van der Waals surface area contributed by atoms with Crippen molar-refractivity contribution < 1.29 is 4.79 Å². The molecular formula is C11H18N4OS. The van der Waals surface area contributed by atoms with Crippen molar-refractivity contribution >= 4 is 23.1 Å². The minimum Gasteiger partial charge on any atom is -0.392 e. The Kier molecular flexibility index (Phi) is 4.22. The van der Waals surface area contributed by atoms with Crippen molar-refractivity contribution in [3.05, 3.63) is 17.0 Å². The number of hydrogen-bond donors (Lipinski definition) is 1. The fraction of sp³-hybridized carbons (Fsp3) is 0.545. The Balaban J connectivity index is 3.05. The summed E-state index contributed by atoms with van der Waals surface area (Å²) >= 11 is 4.84. The van der Waals surface area contributed by atoms with E-state index >= 15 is 0 Å². The van der Waals surface area contributed by atoms with E-state index in [1.165, 1.54) is 0 Å². The number of aromatic nitrogens is 2. The summed E-state index contributed by atoms with van der Waals surface area (Å²) < 4.78 is 1.71. The SMILES string of the molecule is CCN(CC(N)=S)C(=O)c1c(C)nn(C)c1C. The highest BCUT2D eigenvalue weighted by Crippen LogP contribution is 2.14. The van der Waals surface area contributed by atoms with Crippen molar-refractivity contribution in [2.45, 2.75) is 20.8 Å². The Labute approximate surface area is 107 Å². The molecule has 0 aliphatic heterocycles. The number of likely N-dealkylation sites (N-methyl/N-ethyl adjacent to an activating group) is 1. The van der Waals surface area contributed by atoms with Crippen molar-refractivity contribution in [1.82, 2.24) is 14.7 Å². The Morgan fingerprint density at radius 1 is 1.53 bits per heavy atom. The third-order valence-corrected chi connectivity index (χ3v) is 2.87. The molecule has 94 valence electrons. The lowest BCUT2D eigenvalue weighted by molar-refractivity contribution is 0.0786. The Morgan fingerprint density at radius 2 is 2.12 bits per heavy atom. The van der Waals surface area contributed by atoms with E-state index in [0.29, 0.717) is 23.6 Å². The first kappa shape index (κ1) is 13.6. The summed E-state index contributed by atoms with van der Waals surface area (Å²) in [5, 5.41) is 4.23. The average Bonchev–Trinajstić information content (AvgIpc) is 2.48. The van der Waals surface area contributed by atoms with E-state index in [-0.39, 0.29) is 5.91 Å². The summed E-state index contributed by atoms with van der Waals surface area (Å²) in [4.78, 5) is 14.3. The number of aryl methyl sites for hydroxylation is 2. The third kappa shape index (κ3) is 2.82. The fourth-order valence-electron chi connectivity index (χ4n) is 1.76. The summed E-state index contributed by atoms with van der Waals surface area (Å²) in [6.07, 6.45) is 0. The van der Waals surface area contributed by atoms with Crippen molar-refractivity contribution in [3.63, 3.8) is 0 Å². The molecule has 0 aliphatic carbocycles. The van der Waals surface area contributed by atoms with Gasteiger partial charge in [0.25, 0.3) is 5.91 Å². The van der Waals surface area contributed by atoms with E-state index in [4.69, 9.17) is 18.0 Å². The van der Waals surface area contributed by atoms with Crippen molar-refractivity contribution in [3.8, 4) is 0 Å². The Bertz CT molecular complexity index is 453. The van der Waals surface area contributed by atoms with Gasteiger partial charge in [0.05, 0.1) is 22.8 Å². The van der Waals surface area contributed by atoms with Gasteiger partial charge in [0, 0.05) is 19.3 Å². The van der Waals surface area contributed by atoms with Crippen LogP contribution in [0.2, 0.25) is 0 Å². The molecule has 0 aliphatic rings. The van der Waals surface area contributed by atoms with Crippen molar-refractivity contribution in [2.24, 2.45) is 12.8 Å². The molecular weight excluding hydrogens is 236 g/mol. The van der Waals surface area contributed by atoms with E-state index in [2.05, 4.69) is 5.10 Å². The van der Waals surface area contributed by atoms with Gasteiger partial charge in [-0.2, -0.15) is 5.10 Å². The highest BCUT2D eigenvalue weighted by Gasteiger charge is 2.22. The minimum atomic E-state index is -0.0663. The largest absolute Gasteiger partial charge is 0.392 e.